The molecule has 1 aromatic carbocycles. The number of aromatic nitrogens is 2. The zero-order valence-electron chi connectivity index (χ0n) is 13.5. The lowest BCUT2D eigenvalue weighted by atomic mass is 10.1. The maximum atomic E-state index is 11.8. The Morgan fingerprint density at radius 3 is 2.75 bits per heavy atom. The van der Waals surface area contributed by atoms with Gasteiger partial charge in [0.1, 0.15) is 0 Å². The number of benzene rings is 1. The fourth-order valence-corrected chi connectivity index (χ4v) is 2.53. The second-order valence-electron chi connectivity index (χ2n) is 5.49. The predicted molar refractivity (Wildman–Crippen MR) is 87.6 cm³/mol. The fourth-order valence-electron chi connectivity index (χ4n) is 2.53. The Labute approximate surface area is 139 Å². The van der Waals surface area contributed by atoms with Crippen molar-refractivity contribution in [3.8, 4) is 11.3 Å². The number of ether oxygens (including phenoxy) is 1. The van der Waals surface area contributed by atoms with Crippen LogP contribution in [0, 0.1) is 0 Å². The van der Waals surface area contributed by atoms with Crippen molar-refractivity contribution >= 4 is 11.8 Å². The number of hydrogen-bond acceptors (Lipinski definition) is 6. The summed E-state index contributed by atoms with van der Waals surface area (Å²) in [5.41, 5.74) is 1.72. The molecule has 1 N–H and O–H groups in total. The van der Waals surface area contributed by atoms with Gasteiger partial charge < -0.3 is 9.84 Å². The summed E-state index contributed by atoms with van der Waals surface area (Å²) < 4.78 is 6.76. The van der Waals surface area contributed by atoms with Crippen LogP contribution in [0.1, 0.15) is 19.8 Å². The number of aryl methyl sites for hydroxylation is 1. The zero-order chi connectivity index (χ0) is 17.1. The number of aliphatic hydroxyl groups is 1. The van der Waals surface area contributed by atoms with Crippen molar-refractivity contribution in [2.45, 2.75) is 25.9 Å². The summed E-state index contributed by atoms with van der Waals surface area (Å²) in [5, 5.41) is 22.1. The monoisotopic (exact) mass is 326 g/mol. The van der Waals surface area contributed by atoms with Crippen LogP contribution >= 0.6 is 0 Å². The molecular weight excluding hydrogens is 308 g/mol. The van der Waals surface area contributed by atoms with Gasteiger partial charge in [0.25, 0.3) is 0 Å². The number of nitrogens with zero attached hydrogens (tertiary/aromatic N) is 4. The Hall–Kier alpha value is -2.96. The second-order valence-corrected chi connectivity index (χ2v) is 5.49. The third-order valence-corrected chi connectivity index (χ3v) is 3.73. The van der Waals surface area contributed by atoms with E-state index in [1.54, 1.807) is 17.8 Å². The first kappa shape index (κ1) is 15.9. The van der Waals surface area contributed by atoms with Gasteiger partial charge in [-0.05, 0) is 12.0 Å². The van der Waals surface area contributed by atoms with E-state index in [1.165, 1.54) is 0 Å². The molecule has 0 bridgehead atoms. The van der Waals surface area contributed by atoms with Gasteiger partial charge >= 0.3 is 5.97 Å². The molecule has 124 valence electrons. The Morgan fingerprint density at radius 1 is 1.29 bits per heavy atom. The Balaban J connectivity index is 1.84. The molecule has 1 unspecified atom stereocenters. The summed E-state index contributed by atoms with van der Waals surface area (Å²) >= 11 is 0. The molecule has 1 aliphatic rings. The highest BCUT2D eigenvalue weighted by molar-refractivity contribution is 5.91. The van der Waals surface area contributed by atoms with E-state index >= 15 is 0 Å². The van der Waals surface area contributed by atoms with Crippen LogP contribution in [-0.2, 0) is 16.6 Å². The number of carbonyl (C=O) groups excluding carboxylic acids is 1. The van der Waals surface area contributed by atoms with Crippen LogP contribution in [0.15, 0.2) is 58.1 Å². The molecule has 2 aromatic rings. The maximum Gasteiger partial charge on any atom is 0.363 e. The molecule has 7 nitrogen and oxygen atoms in total. The van der Waals surface area contributed by atoms with E-state index in [9.17, 15) is 9.90 Å². The average Bonchev–Trinajstić information content (AvgIpc) is 3.07. The van der Waals surface area contributed by atoms with E-state index in [0.717, 1.165) is 17.7 Å². The standard InChI is InChI=1S/C17H18N4O3/c1-3-7-13-16(22)15(17(23)24-13)19-18-14-10-12(21(2)20-14)11-8-5-4-6-9-11/h4-6,8-10,13,22H,3,7H2,1-2H3. The minimum Gasteiger partial charge on any atom is -0.506 e. The van der Waals surface area contributed by atoms with Crippen molar-refractivity contribution in [2.24, 2.45) is 17.3 Å². The first-order valence-electron chi connectivity index (χ1n) is 7.75. The summed E-state index contributed by atoms with van der Waals surface area (Å²) in [6.45, 7) is 1.94. The number of azo groups is 1. The Morgan fingerprint density at radius 2 is 2.04 bits per heavy atom. The summed E-state index contributed by atoms with van der Waals surface area (Å²) in [4.78, 5) is 11.8. The highest BCUT2D eigenvalue weighted by Crippen LogP contribution is 2.27. The first-order chi connectivity index (χ1) is 11.6. The topological polar surface area (TPSA) is 89.1 Å². The summed E-state index contributed by atoms with van der Waals surface area (Å²) in [6.07, 6.45) is 0.714. The highest BCUT2D eigenvalue weighted by Gasteiger charge is 2.34. The average molecular weight is 326 g/mol. The quantitative estimate of drug-likeness (QED) is 0.670. The van der Waals surface area contributed by atoms with Crippen molar-refractivity contribution in [2.75, 3.05) is 0 Å². The molecule has 24 heavy (non-hydrogen) atoms. The Bertz CT molecular complexity index is 808. The Kier molecular flexibility index (Phi) is 4.41. The van der Waals surface area contributed by atoms with Gasteiger partial charge in [0.15, 0.2) is 17.7 Å². The van der Waals surface area contributed by atoms with Crippen LogP contribution in [0.2, 0.25) is 0 Å². The molecule has 0 fully saturated rings. The number of hydrogen-bond donors (Lipinski definition) is 1. The first-order valence-corrected chi connectivity index (χ1v) is 7.75. The largest absolute Gasteiger partial charge is 0.506 e. The van der Waals surface area contributed by atoms with Gasteiger partial charge in [-0.2, -0.15) is 5.10 Å². The molecule has 0 amide bonds. The van der Waals surface area contributed by atoms with Crippen molar-refractivity contribution in [1.82, 2.24) is 9.78 Å². The minimum absolute atomic E-state index is 0.152. The molecule has 0 spiro atoms. The summed E-state index contributed by atoms with van der Waals surface area (Å²) in [5.74, 6) is -0.470. The minimum atomic E-state index is -0.658. The lowest BCUT2D eigenvalue weighted by Crippen LogP contribution is -2.10. The van der Waals surface area contributed by atoms with E-state index in [1.807, 2.05) is 37.3 Å². The molecule has 1 aromatic heterocycles. The van der Waals surface area contributed by atoms with E-state index in [0.29, 0.717) is 12.2 Å². The molecule has 0 radical (unpaired) electrons. The molecule has 0 saturated heterocycles. The van der Waals surface area contributed by atoms with E-state index in [4.69, 9.17) is 4.74 Å². The van der Waals surface area contributed by atoms with Gasteiger partial charge in [-0.25, -0.2) is 4.79 Å². The number of rotatable bonds is 5. The molecule has 0 aliphatic carbocycles. The van der Waals surface area contributed by atoms with E-state index < -0.39 is 12.1 Å². The fraction of sp³-hybridized carbons (Fsp3) is 0.294. The molecule has 1 atom stereocenters. The number of aliphatic hydroxyl groups excluding tert-OH is 1. The van der Waals surface area contributed by atoms with Crippen molar-refractivity contribution in [3.05, 3.63) is 47.9 Å². The smallest absolute Gasteiger partial charge is 0.363 e. The van der Waals surface area contributed by atoms with Gasteiger partial charge in [0.05, 0.1) is 5.69 Å². The van der Waals surface area contributed by atoms with Gasteiger partial charge in [0, 0.05) is 13.1 Å². The molecule has 3 rings (SSSR count). The lowest BCUT2D eigenvalue weighted by Gasteiger charge is -2.06. The van der Waals surface area contributed by atoms with Crippen molar-refractivity contribution < 1.29 is 14.6 Å². The predicted octanol–water partition coefficient (Wildman–Crippen LogP) is 3.67. The van der Waals surface area contributed by atoms with Crippen LogP contribution in [-0.4, -0.2) is 27.0 Å². The summed E-state index contributed by atoms with van der Waals surface area (Å²) in [6, 6.07) is 11.5. The van der Waals surface area contributed by atoms with Crippen LogP contribution in [0.25, 0.3) is 11.3 Å². The van der Waals surface area contributed by atoms with E-state index in [2.05, 4.69) is 15.3 Å². The van der Waals surface area contributed by atoms with Gasteiger partial charge in [-0.3, -0.25) is 4.68 Å². The highest BCUT2D eigenvalue weighted by atomic mass is 16.6. The maximum absolute atomic E-state index is 11.8. The molecule has 1 aliphatic heterocycles. The van der Waals surface area contributed by atoms with Crippen molar-refractivity contribution in [3.63, 3.8) is 0 Å². The third-order valence-electron chi connectivity index (χ3n) is 3.73. The third kappa shape index (κ3) is 3.05. The van der Waals surface area contributed by atoms with Crippen molar-refractivity contribution in [1.29, 1.82) is 0 Å². The SMILES string of the molecule is CCCC1OC(=O)C(N=Nc2cc(-c3ccccc3)n(C)n2)=C1O. The van der Waals surface area contributed by atoms with Crippen LogP contribution in [0.5, 0.6) is 0 Å². The number of cyclic esters (lactones) is 1. The van der Waals surface area contributed by atoms with Gasteiger partial charge in [-0.15, -0.1) is 10.2 Å². The van der Waals surface area contributed by atoms with Gasteiger partial charge in [0.2, 0.25) is 5.70 Å². The lowest BCUT2D eigenvalue weighted by molar-refractivity contribution is -0.140. The molecular formula is C17H18N4O3. The number of carbonyl (C=O) groups is 1. The zero-order valence-corrected chi connectivity index (χ0v) is 13.5. The van der Waals surface area contributed by atoms with Crippen LogP contribution in [0.4, 0.5) is 5.82 Å². The van der Waals surface area contributed by atoms with E-state index in [-0.39, 0.29) is 11.5 Å². The van der Waals surface area contributed by atoms with Crippen LogP contribution in [0.3, 0.4) is 0 Å². The molecule has 2 heterocycles. The van der Waals surface area contributed by atoms with Gasteiger partial charge in [-0.1, -0.05) is 43.7 Å². The molecule has 7 heteroatoms. The normalized spacial score (nSPS) is 17.8. The van der Waals surface area contributed by atoms with Crippen LogP contribution < -0.4 is 0 Å². The summed E-state index contributed by atoms with van der Waals surface area (Å²) in [7, 11) is 1.80. The molecule has 0 saturated carbocycles. The number of esters is 1. The second kappa shape index (κ2) is 6.66.